The smallest absolute Gasteiger partial charge is 0.319 e. The highest BCUT2D eigenvalue weighted by molar-refractivity contribution is 8.00. The molecule has 1 aromatic carbocycles. The van der Waals surface area contributed by atoms with Crippen molar-refractivity contribution < 1.29 is 9.59 Å². The Labute approximate surface area is 141 Å². The molecule has 2 fully saturated rings. The minimum Gasteiger partial charge on any atom is -0.331 e. The monoisotopic (exact) mass is 333 g/mol. The highest BCUT2D eigenvalue weighted by atomic mass is 32.2. The number of carbonyl (C=O) groups is 2. The highest BCUT2D eigenvalue weighted by Crippen LogP contribution is 2.44. The minimum atomic E-state index is -0.143. The van der Waals surface area contributed by atoms with Crippen LogP contribution in [0.3, 0.4) is 0 Å². The maximum absolute atomic E-state index is 12.9. The fourth-order valence-electron chi connectivity index (χ4n) is 3.38. The Hall–Kier alpha value is -1.69. The van der Waals surface area contributed by atoms with Crippen molar-refractivity contribution in [2.45, 2.75) is 17.7 Å². The van der Waals surface area contributed by atoms with Gasteiger partial charge in [0.2, 0.25) is 0 Å². The molecule has 0 N–H and O–H groups in total. The molecule has 0 radical (unpaired) electrons. The van der Waals surface area contributed by atoms with Gasteiger partial charge in [0.05, 0.1) is 4.87 Å². The molecule has 0 bridgehead atoms. The summed E-state index contributed by atoms with van der Waals surface area (Å²) in [6, 6.07) is 9.55. The van der Waals surface area contributed by atoms with Crippen molar-refractivity contribution in [1.82, 2.24) is 14.7 Å². The van der Waals surface area contributed by atoms with Crippen LogP contribution in [0.2, 0.25) is 0 Å². The zero-order chi connectivity index (χ0) is 16.4. The van der Waals surface area contributed by atoms with E-state index in [4.69, 9.17) is 0 Å². The van der Waals surface area contributed by atoms with Crippen LogP contribution in [0.5, 0.6) is 0 Å². The molecule has 2 saturated heterocycles. The van der Waals surface area contributed by atoms with E-state index in [-0.39, 0.29) is 16.8 Å². The van der Waals surface area contributed by atoms with Crippen molar-refractivity contribution in [1.29, 1.82) is 0 Å². The number of nitrogens with zero attached hydrogens (tertiary/aromatic N) is 3. The van der Waals surface area contributed by atoms with E-state index in [1.807, 2.05) is 51.9 Å². The first-order valence-corrected chi connectivity index (χ1v) is 8.99. The molecular weight excluding hydrogens is 310 g/mol. The van der Waals surface area contributed by atoms with E-state index in [0.29, 0.717) is 13.1 Å². The number of thioether (sulfide) groups is 1. The second kappa shape index (κ2) is 6.43. The molecule has 3 amide bonds. The topological polar surface area (TPSA) is 43.9 Å². The average Bonchev–Trinajstić information content (AvgIpc) is 2.98. The van der Waals surface area contributed by atoms with E-state index < -0.39 is 0 Å². The van der Waals surface area contributed by atoms with Crippen LogP contribution in [-0.2, 0) is 0 Å². The fourth-order valence-corrected chi connectivity index (χ4v) is 4.83. The van der Waals surface area contributed by atoms with Gasteiger partial charge in [-0.05, 0) is 25.0 Å². The Bertz CT molecular complexity index is 583. The lowest BCUT2D eigenvalue weighted by Gasteiger charge is -2.44. The molecule has 3 rings (SSSR count). The van der Waals surface area contributed by atoms with Crippen molar-refractivity contribution in [3.05, 3.63) is 35.9 Å². The third-order valence-corrected chi connectivity index (χ3v) is 6.19. The van der Waals surface area contributed by atoms with Gasteiger partial charge in [0.15, 0.2) is 0 Å². The third kappa shape index (κ3) is 3.04. The number of hydrogen-bond donors (Lipinski definition) is 0. The molecule has 2 aliphatic rings. The average molecular weight is 333 g/mol. The quantitative estimate of drug-likeness (QED) is 0.792. The molecule has 0 atom stereocenters. The summed E-state index contributed by atoms with van der Waals surface area (Å²) in [7, 11) is 3.56. The first-order chi connectivity index (χ1) is 11.0. The highest BCUT2D eigenvalue weighted by Gasteiger charge is 2.47. The van der Waals surface area contributed by atoms with Gasteiger partial charge in [-0.15, -0.1) is 11.8 Å². The van der Waals surface area contributed by atoms with Crippen LogP contribution >= 0.6 is 11.8 Å². The summed E-state index contributed by atoms with van der Waals surface area (Å²) in [5.41, 5.74) is 0.751. The van der Waals surface area contributed by atoms with Gasteiger partial charge in [0.25, 0.3) is 5.91 Å². The van der Waals surface area contributed by atoms with Crippen LogP contribution in [0, 0.1) is 0 Å². The van der Waals surface area contributed by atoms with E-state index >= 15 is 0 Å². The molecule has 2 aliphatic heterocycles. The molecule has 2 heterocycles. The molecule has 0 aromatic heterocycles. The zero-order valence-corrected chi connectivity index (χ0v) is 14.5. The summed E-state index contributed by atoms with van der Waals surface area (Å²) < 4.78 is 0. The summed E-state index contributed by atoms with van der Waals surface area (Å²) >= 11 is 1.87. The van der Waals surface area contributed by atoms with Gasteiger partial charge in [0.1, 0.15) is 0 Å². The lowest BCUT2D eigenvalue weighted by Crippen LogP contribution is -2.54. The van der Waals surface area contributed by atoms with E-state index in [9.17, 15) is 9.59 Å². The maximum Gasteiger partial charge on any atom is 0.319 e. The maximum atomic E-state index is 12.9. The van der Waals surface area contributed by atoms with Crippen LogP contribution in [0.15, 0.2) is 30.3 Å². The molecular formula is C17H23N3O2S. The summed E-state index contributed by atoms with van der Waals surface area (Å²) in [6.45, 7) is 2.21. The van der Waals surface area contributed by atoms with Crippen molar-refractivity contribution in [2.75, 3.05) is 39.5 Å². The lowest BCUT2D eigenvalue weighted by molar-refractivity contribution is 0.0569. The molecule has 0 saturated carbocycles. The van der Waals surface area contributed by atoms with Gasteiger partial charge in [-0.3, -0.25) is 4.79 Å². The third-order valence-electron chi connectivity index (χ3n) is 4.64. The molecule has 5 nitrogen and oxygen atoms in total. The fraction of sp³-hybridized carbons (Fsp3) is 0.529. The van der Waals surface area contributed by atoms with Crippen LogP contribution in [0.4, 0.5) is 4.79 Å². The summed E-state index contributed by atoms with van der Waals surface area (Å²) in [4.78, 5) is 30.4. The van der Waals surface area contributed by atoms with Gasteiger partial charge in [-0.25, -0.2) is 4.79 Å². The Morgan fingerprint density at radius 2 is 1.74 bits per heavy atom. The van der Waals surface area contributed by atoms with Crippen molar-refractivity contribution in [3.8, 4) is 0 Å². The van der Waals surface area contributed by atoms with Crippen molar-refractivity contribution >= 4 is 23.7 Å². The summed E-state index contributed by atoms with van der Waals surface area (Å²) in [6.07, 6.45) is 1.69. The number of amides is 3. The number of benzene rings is 1. The van der Waals surface area contributed by atoms with Gasteiger partial charge < -0.3 is 14.7 Å². The predicted octanol–water partition coefficient (Wildman–Crippen LogP) is 2.35. The van der Waals surface area contributed by atoms with Crippen LogP contribution in [-0.4, -0.2) is 71.0 Å². The lowest BCUT2D eigenvalue weighted by atomic mass is 10.0. The standard InChI is InChI=1S/C17H23N3O2S/c1-18(2)16(22)19-10-8-17(9-11-19)20(12-13-23-17)15(21)14-6-4-3-5-7-14/h3-7H,8-13H2,1-2H3. The first kappa shape index (κ1) is 16.2. The normalized spacial score (nSPS) is 19.9. The number of carbonyl (C=O) groups excluding carboxylic acids is 2. The zero-order valence-electron chi connectivity index (χ0n) is 13.7. The minimum absolute atomic E-state index is 0.0591. The molecule has 124 valence electrons. The van der Waals surface area contributed by atoms with E-state index in [1.54, 1.807) is 19.0 Å². The SMILES string of the molecule is CN(C)C(=O)N1CCC2(CC1)SCCN2C(=O)c1ccccc1. The van der Waals surface area contributed by atoms with Crippen LogP contribution < -0.4 is 0 Å². The van der Waals surface area contributed by atoms with Crippen molar-refractivity contribution in [2.24, 2.45) is 0 Å². The summed E-state index contributed by atoms with van der Waals surface area (Å²) in [5.74, 6) is 1.09. The second-order valence-corrected chi connectivity index (χ2v) is 7.74. The Kier molecular flexibility index (Phi) is 4.53. The van der Waals surface area contributed by atoms with Gasteiger partial charge >= 0.3 is 6.03 Å². The van der Waals surface area contributed by atoms with E-state index in [0.717, 1.165) is 30.7 Å². The number of piperidine rings is 1. The number of hydrogen-bond acceptors (Lipinski definition) is 3. The molecule has 6 heteroatoms. The van der Waals surface area contributed by atoms with E-state index in [2.05, 4.69) is 0 Å². The number of rotatable bonds is 1. The largest absolute Gasteiger partial charge is 0.331 e. The number of urea groups is 1. The second-order valence-electron chi connectivity index (χ2n) is 6.28. The molecule has 1 aromatic rings. The molecule has 0 unspecified atom stereocenters. The van der Waals surface area contributed by atoms with Gasteiger partial charge in [-0.2, -0.15) is 0 Å². The summed E-state index contributed by atoms with van der Waals surface area (Å²) in [5, 5.41) is 0. The van der Waals surface area contributed by atoms with Crippen LogP contribution in [0.1, 0.15) is 23.2 Å². The molecule has 1 spiro atoms. The molecule has 0 aliphatic carbocycles. The van der Waals surface area contributed by atoms with E-state index in [1.165, 1.54) is 0 Å². The van der Waals surface area contributed by atoms with Gasteiger partial charge in [-0.1, -0.05) is 18.2 Å². The van der Waals surface area contributed by atoms with Crippen molar-refractivity contribution in [3.63, 3.8) is 0 Å². The number of likely N-dealkylation sites (tertiary alicyclic amines) is 1. The Morgan fingerprint density at radius 3 is 2.35 bits per heavy atom. The predicted molar refractivity (Wildman–Crippen MR) is 92.6 cm³/mol. The first-order valence-electron chi connectivity index (χ1n) is 8.01. The Balaban J connectivity index is 1.72. The molecule has 23 heavy (non-hydrogen) atoms. The van der Waals surface area contributed by atoms with Crippen LogP contribution in [0.25, 0.3) is 0 Å². The Morgan fingerprint density at radius 1 is 1.09 bits per heavy atom. The van der Waals surface area contributed by atoms with Gasteiger partial charge in [0, 0.05) is 45.0 Å².